The van der Waals surface area contributed by atoms with Crippen molar-refractivity contribution in [2.24, 2.45) is 0 Å². The van der Waals surface area contributed by atoms with Gasteiger partial charge in [0.1, 0.15) is 41.8 Å². The molecule has 7 N–H and O–H groups in total. The molecular weight excluding hydrogens is 560 g/mol. The van der Waals surface area contributed by atoms with E-state index in [4.69, 9.17) is 18.9 Å². The van der Waals surface area contributed by atoms with Crippen LogP contribution in [0.25, 0.3) is 11.1 Å². The zero-order valence-electron chi connectivity index (χ0n) is 22.4. The van der Waals surface area contributed by atoms with E-state index in [1.165, 1.54) is 48.5 Å². The Bertz CT molecular complexity index is 1850. The van der Waals surface area contributed by atoms with Crippen LogP contribution in [0.1, 0.15) is 22.3 Å². The standard InChI is InChI=1S/C32H26O11/c33-17-1-3-19-20-9-25(37)23(35)5-15(20)11-30(39,13-40-27(19)7-17)29-42-31-12-16-6-24(36)26(38)10-22(16)32(31,43-29)21-4-2-18(34)8-28(21)41-14-31/h1-10,29,33-39H,11-14H2/t29-,30+,31+,32+/m1/s1. The fraction of sp³-hybridized carbons (Fsp3) is 0.250. The molecule has 1 fully saturated rings. The van der Waals surface area contributed by atoms with Crippen LogP contribution in [0.2, 0.25) is 0 Å². The van der Waals surface area contributed by atoms with Crippen LogP contribution in [0.5, 0.6) is 46.0 Å². The summed E-state index contributed by atoms with van der Waals surface area (Å²) >= 11 is 0. The van der Waals surface area contributed by atoms with E-state index in [1.54, 1.807) is 12.1 Å². The van der Waals surface area contributed by atoms with Crippen molar-refractivity contribution in [1.29, 1.82) is 0 Å². The summed E-state index contributed by atoms with van der Waals surface area (Å²) in [4.78, 5) is 0. The fourth-order valence-electron chi connectivity index (χ4n) is 7.04. The van der Waals surface area contributed by atoms with Crippen LogP contribution in [0.4, 0.5) is 0 Å². The van der Waals surface area contributed by atoms with Gasteiger partial charge in [-0.1, -0.05) is 0 Å². The lowest BCUT2D eigenvalue weighted by molar-refractivity contribution is -0.218. The highest BCUT2D eigenvalue weighted by atomic mass is 16.8. The van der Waals surface area contributed by atoms with Gasteiger partial charge in [-0.3, -0.25) is 0 Å². The highest BCUT2D eigenvalue weighted by Gasteiger charge is 2.72. The number of phenols is 6. The first-order valence-electron chi connectivity index (χ1n) is 13.6. The van der Waals surface area contributed by atoms with Crippen LogP contribution in [0.3, 0.4) is 0 Å². The van der Waals surface area contributed by atoms with E-state index >= 15 is 0 Å². The van der Waals surface area contributed by atoms with Crippen molar-refractivity contribution in [2.45, 2.75) is 35.9 Å². The summed E-state index contributed by atoms with van der Waals surface area (Å²) in [5, 5.41) is 74.3. The zero-order chi connectivity index (χ0) is 29.9. The van der Waals surface area contributed by atoms with Crippen molar-refractivity contribution in [3.63, 3.8) is 0 Å². The average Bonchev–Trinajstić information content (AvgIpc) is 3.44. The van der Waals surface area contributed by atoms with Crippen LogP contribution in [-0.2, 0) is 27.9 Å². The highest BCUT2D eigenvalue weighted by molar-refractivity contribution is 5.77. The Morgan fingerprint density at radius 3 is 2.02 bits per heavy atom. The SMILES string of the molecule is Oc1ccc2c(c1)OC[C@](O)([C@@H]1O[C@@]34COc5cc(O)ccc5[C@]3(O1)c1cc(O)c(O)cc1C4)Cc1cc(O)c(O)cc1-2. The molecule has 0 spiro atoms. The number of phenolic OH excluding ortho intramolecular Hbond substituents is 6. The molecule has 0 amide bonds. The summed E-state index contributed by atoms with van der Waals surface area (Å²) in [5.74, 6) is -0.968. The van der Waals surface area contributed by atoms with Gasteiger partial charge in [0, 0.05) is 36.1 Å². The predicted molar refractivity (Wildman–Crippen MR) is 148 cm³/mol. The Morgan fingerprint density at radius 2 is 1.23 bits per heavy atom. The van der Waals surface area contributed by atoms with Gasteiger partial charge in [0.05, 0.1) is 0 Å². The second kappa shape index (κ2) is 8.38. The van der Waals surface area contributed by atoms with Crippen molar-refractivity contribution >= 4 is 0 Å². The van der Waals surface area contributed by atoms with Gasteiger partial charge < -0.3 is 54.7 Å². The maximum atomic E-state index is 12.4. The third kappa shape index (κ3) is 3.40. The lowest BCUT2D eigenvalue weighted by Crippen LogP contribution is -2.54. The minimum atomic E-state index is -1.90. The first kappa shape index (κ1) is 25.8. The zero-order valence-corrected chi connectivity index (χ0v) is 22.4. The van der Waals surface area contributed by atoms with Gasteiger partial charge in [0.25, 0.3) is 0 Å². The maximum Gasteiger partial charge on any atom is 0.192 e. The summed E-state index contributed by atoms with van der Waals surface area (Å²) in [6, 6.07) is 14.6. The van der Waals surface area contributed by atoms with E-state index in [0.29, 0.717) is 39.1 Å². The molecule has 4 aromatic rings. The van der Waals surface area contributed by atoms with Gasteiger partial charge in [-0.2, -0.15) is 0 Å². The van der Waals surface area contributed by atoms with Crippen molar-refractivity contribution in [3.05, 3.63) is 82.9 Å². The van der Waals surface area contributed by atoms with Gasteiger partial charge in [-0.15, -0.1) is 0 Å². The molecule has 1 aliphatic carbocycles. The molecule has 4 atom stereocenters. The summed E-state index contributed by atoms with van der Waals surface area (Å²) in [6.07, 6.45) is -1.29. The fourth-order valence-corrected chi connectivity index (χ4v) is 7.04. The first-order valence-corrected chi connectivity index (χ1v) is 13.6. The van der Waals surface area contributed by atoms with E-state index in [2.05, 4.69) is 0 Å². The molecule has 0 saturated carbocycles. The molecule has 43 heavy (non-hydrogen) atoms. The smallest absolute Gasteiger partial charge is 0.192 e. The number of benzene rings is 4. The summed E-state index contributed by atoms with van der Waals surface area (Å²) in [6.45, 7) is -0.395. The summed E-state index contributed by atoms with van der Waals surface area (Å²) in [7, 11) is 0. The molecule has 11 heteroatoms. The second-order valence-corrected chi connectivity index (χ2v) is 11.6. The summed E-state index contributed by atoms with van der Waals surface area (Å²) in [5.41, 5.74) is -1.46. The van der Waals surface area contributed by atoms with Crippen LogP contribution in [0.15, 0.2) is 60.7 Å². The van der Waals surface area contributed by atoms with Crippen LogP contribution < -0.4 is 9.47 Å². The maximum absolute atomic E-state index is 12.4. The lowest BCUT2D eigenvalue weighted by atomic mass is 9.76. The van der Waals surface area contributed by atoms with Gasteiger partial charge in [0.15, 0.2) is 40.5 Å². The van der Waals surface area contributed by atoms with Crippen LogP contribution >= 0.6 is 0 Å². The predicted octanol–water partition coefficient (Wildman–Crippen LogP) is 3.26. The molecule has 1 saturated heterocycles. The van der Waals surface area contributed by atoms with E-state index in [9.17, 15) is 35.7 Å². The Labute approximate surface area is 244 Å². The molecule has 3 aliphatic heterocycles. The molecular formula is C32H26O11. The molecule has 0 bridgehead atoms. The highest BCUT2D eigenvalue weighted by Crippen LogP contribution is 2.64. The van der Waals surface area contributed by atoms with E-state index < -0.39 is 23.1 Å². The van der Waals surface area contributed by atoms with E-state index in [0.717, 1.165) is 0 Å². The third-order valence-electron chi connectivity index (χ3n) is 8.99. The molecule has 4 aliphatic rings. The summed E-state index contributed by atoms with van der Waals surface area (Å²) < 4.78 is 25.6. The Balaban J connectivity index is 1.29. The number of hydrogen-bond acceptors (Lipinski definition) is 11. The minimum absolute atomic E-state index is 0.0291. The van der Waals surface area contributed by atoms with Crippen LogP contribution in [0, 0.1) is 0 Å². The molecule has 8 rings (SSSR count). The molecule has 11 nitrogen and oxygen atoms in total. The quantitative estimate of drug-likeness (QED) is 0.163. The average molecular weight is 587 g/mol. The van der Waals surface area contributed by atoms with Crippen molar-refractivity contribution in [2.75, 3.05) is 13.2 Å². The van der Waals surface area contributed by atoms with Gasteiger partial charge in [-0.05, 0) is 70.8 Å². The first-order chi connectivity index (χ1) is 20.5. The van der Waals surface area contributed by atoms with E-state index in [1.807, 2.05) is 0 Å². The van der Waals surface area contributed by atoms with E-state index in [-0.39, 0.29) is 66.3 Å². The molecule has 0 aromatic heterocycles. The topological polar surface area (TPSA) is 179 Å². The monoisotopic (exact) mass is 586 g/mol. The number of rotatable bonds is 1. The Kier molecular flexibility index (Phi) is 5.03. The van der Waals surface area contributed by atoms with Crippen molar-refractivity contribution < 1.29 is 54.7 Å². The van der Waals surface area contributed by atoms with Gasteiger partial charge in [-0.25, -0.2) is 0 Å². The normalized spacial score (nSPS) is 28.1. The lowest BCUT2D eigenvalue weighted by Gasteiger charge is -2.42. The van der Waals surface area contributed by atoms with Crippen molar-refractivity contribution in [3.8, 4) is 57.1 Å². The number of aromatic hydroxyl groups is 6. The molecule has 3 heterocycles. The third-order valence-corrected chi connectivity index (χ3v) is 8.99. The molecule has 0 unspecified atom stereocenters. The molecule has 4 aromatic carbocycles. The number of fused-ring (bicyclic) bond motifs is 5. The van der Waals surface area contributed by atoms with Crippen molar-refractivity contribution in [1.82, 2.24) is 0 Å². The largest absolute Gasteiger partial charge is 0.508 e. The Hall–Kier alpha value is -4.84. The number of ether oxygens (including phenoxy) is 4. The minimum Gasteiger partial charge on any atom is -0.508 e. The molecule has 220 valence electrons. The van der Waals surface area contributed by atoms with Crippen LogP contribution in [-0.4, -0.2) is 66.5 Å². The number of hydrogen-bond donors (Lipinski definition) is 7. The number of aliphatic hydroxyl groups is 1. The molecule has 0 radical (unpaired) electrons. The van der Waals surface area contributed by atoms with Gasteiger partial charge >= 0.3 is 0 Å². The second-order valence-electron chi connectivity index (χ2n) is 11.6. The van der Waals surface area contributed by atoms with Gasteiger partial charge in [0.2, 0.25) is 0 Å². The Morgan fingerprint density at radius 1 is 0.581 bits per heavy atom.